The van der Waals surface area contributed by atoms with Gasteiger partial charge in [0.15, 0.2) is 11.5 Å². The first-order valence-electron chi connectivity index (χ1n) is 5.36. The van der Waals surface area contributed by atoms with Crippen LogP contribution in [0.25, 0.3) is 11.0 Å². The van der Waals surface area contributed by atoms with Crippen molar-refractivity contribution in [3.8, 4) is 11.5 Å². The number of nitrogens with zero attached hydrogens (tertiary/aromatic N) is 2. The van der Waals surface area contributed by atoms with Gasteiger partial charge >= 0.3 is 0 Å². The SMILES string of the molecule is COc1cc2nc(CO)c(CO)nc2cc1OC. The van der Waals surface area contributed by atoms with E-state index in [1.807, 2.05) is 0 Å². The monoisotopic (exact) mass is 250 g/mol. The number of benzene rings is 1. The summed E-state index contributed by atoms with van der Waals surface area (Å²) in [5.74, 6) is 1.08. The molecule has 0 atom stereocenters. The van der Waals surface area contributed by atoms with Gasteiger partial charge in [0.1, 0.15) is 0 Å². The van der Waals surface area contributed by atoms with Crippen LogP contribution >= 0.6 is 0 Å². The Labute approximate surface area is 104 Å². The predicted molar refractivity (Wildman–Crippen MR) is 64.5 cm³/mol. The summed E-state index contributed by atoms with van der Waals surface area (Å²) in [5.41, 5.74) is 1.87. The maximum absolute atomic E-state index is 9.17. The van der Waals surface area contributed by atoms with Gasteiger partial charge in [0.2, 0.25) is 0 Å². The summed E-state index contributed by atoms with van der Waals surface area (Å²) in [6, 6.07) is 3.36. The van der Waals surface area contributed by atoms with Crippen molar-refractivity contribution in [1.82, 2.24) is 9.97 Å². The molecule has 0 aliphatic rings. The van der Waals surface area contributed by atoms with E-state index in [9.17, 15) is 0 Å². The second-order valence-electron chi connectivity index (χ2n) is 3.63. The van der Waals surface area contributed by atoms with E-state index in [0.29, 0.717) is 33.9 Å². The number of ether oxygens (including phenoxy) is 2. The van der Waals surface area contributed by atoms with E-state index < -0.39 is 0 Å². The lowest BCUT2D eigenvalue weighted by atomic mass is 10.2. The van der Waals surface area contributed by atoms with Crippen LogP contribution in [0.3, 0.4) is 0 Å². The normalized spacial score (nSPS) is 10.7. The minimum absolute atomic E-state index is 0.271. The maximum atomic E-state index is 9.17. The standard InChI is InChI=1S/C12H14N2O4/c1-17-11-3-7-8(4-12(11)18-2)14-10(6-16)9(5-15)13-7/h3-4,15-16H,5-6H2,1-2H3. The molecule has 2 aromatic rings. The second-order valence-corrected chi connectivity index (χ2v) is 3.63. The minimum Gasteiger partial charge on any atom is -0.493 e. The van der Waals surface area contributed by atoms with Crippen LogP contribution in [0.4, 0.5) is 0 Å². The van der Waals surface area contributed by atoms with Crippen molar-refractivity contribution in [2.45, 2.75) is 13.2 Å². The van der Waals surface area contributed by atoms with Crippen molar-refractivity contribution < 1.29 is 19.7 Å². The van der Waals surface area contributed by atoms with Gasteiger partial charge in [-0.1, -0.05) is 0 Å². The van der Waals surface area contributed by atoms with Crippen LogP contribution in [0, 0.1) is 0 Å². The molecular weight excluding hydrogens is 236 g/mol. The summed E-state index contributed by atoms with van der Waals surface area (Å²) in [6.45, 7) is -0.541. The first kappa shape index (κ1) is 12.5. The molecule has 0 aliphatic heterocycles. The lowest BCUT2D eigenvalue weighted by molar-refractivity contribution is 0.252. The van der Waals surface area contributed by atoms with Gasteiger partial charge < -0.3 is 19.7 Å². The highest BCUT2D eigenvalue weighted by atomic mass is 16.5. The number of methoxy groups -OCH3 is 2. The van der Waals surface area contributed by atoms with Crippen molar-refractivity contribution in [3.05, 3.63) is 23.5 Å². The van der Waals surface area contributed by atoms with E-state index in [2.05, 4.69) is 9.97 Å². The Balaban J connectivity index is 2.69. The number of hydrogen-bond donors (Lipinski definition) is 2. The van der Waals surface area contributed by atoms with Gasteiger partial charge in [-0.3, -0.25) is 0 Å². The molecule has 1 heterocycles. The smallest absolute Gasteiger partial charge is 0.163 e. The molecule has 1 aromatic carbocycles. The minimum atomic E-state index is -0.271. The van der Waals surface area contributed by atoms with Crippen LogP contribution in [-0.4, -0.2) is 34.4 Å². The zero-order valence-corrected chi connectivity index (χ0v) is 10.2. The van der Waals surface area contributed by atoms with E-state index in [4.69, 9.17) is 19.7 Å². The van der Waals surface area contributed by atoms with Crippen molar-refractivity contribution in [2.75, 3.05) is 14.2 Å². The fraction of sp³-hybridized carbons (Fsp3) is 0.333. The average Bonchev–Trinajstić information content (AvgIpc) is 2.43. The van der Waals surface area contributed by atoms with Gasteiger partial charge in [-0.15, -0.1) is 0 Å². The lowest BCUT2D eigenvalue weighted by Gasteiger charge is -2.10. The largest absolute Gasteiger partial charge is 0.493 e. The third-order valence-corrected chi connectivity index (χ3v) is 2.62. The van der Waals surface area contributed by atoms with Crippen LogP contribution in [-0.2, 0) is 13.2 Å². The van der Waals surface area contributed by atoms with Crippen molar-refractivity contribution in [3.63, 3.8) is 0 Å². The molecule has 0 saturated heterocycles. The van der Waals surface area contributed by atoms with Gasteiger partial charge in [0, 0.05) is 12.1 Å². The Morgan fingerprint density at radius 3 is 1.56 bits per heavy atom. The van der Waals surface area contributed by atoms with E-state index in [0.717, 1.165) is 0 Å². The Morgan fingerprint density at radius 1 is 0.889 bits per heavy atom. The highest BCUT2D eigenvalue weighted by Crippen LogP contribution is 2.30. The van der Waals surface area contributed by atoms with Crippen LogP contribution in [0.5, 0.6) is 11.5 Å². The van der Waals surface area contributed by atoms with E-state index in [1.54, 1.807) is 12.1 Å². The molecule has 2 N–H and O–H groups in total. The topological polar surface area (TPSA) is 84.7 Å². The molecule has 0 fully saturated rings. The first-order chi connectivity index (χ1) is 8.73. The zero-order chi connectivity index (χ0) is 13.1. The van der Waals surface area contributed by atoms with Crippen molar-refractivity contribution in [1.29, 1.82) is 0 Å². The summed E-state index contributed by atoms with van der Waals surface area (Å²) in [4.78, 5) is 8.48. The van der Waals surface area contributed by atoms with Gasteiger partial charge in [0.05, 0.1) is 49.9 Å². The third kappa shape index (κ3) is 2.07. The van der Waals surface area contributed by atoms with Crippen molar-refractivity contribution >= 4 is 11.0 Å². The lowest BCUT2D eigenvalue weighted by Crippen LogP contribution is -2.03. The number of aliphatic hydroxyl groups is 2. The Morgan fingerprint density at radius 2 is 1.28 bits per heavy atom. The van der Waals surface area contributed by atoms with Crippen LogP contribution in [0.15, 0.2) is 12.1 Å². The van der Waals surface area contributed by atoms with E-state index in [1.165, 1.54) is 14.2 Å². The molecule has 0 amide bonds. The molecular formula is C12H14N2O4. The molecule has 0 unspecified atom stereocenters. The van der Waals surface area contributed by atoms with Gasteiger partial charge in [-0.05, 0) is 0 Å². The van der Waals surface area contributed by atoms with Crippen molar-refractivity contribution in [2.24, 2.45) is 0 Å². The molecule has 0 bridgehead atoms. The predicted octanol–water partition coefficient (Wildman–Crippen LogP) is 0.632. The van der Waals surface area contributed by atoms with Gasteiger partial charge in [0.25, 0.3) is 0 Å². The molecule has 0 radical (unpaired) electrons. The molecule has 0 saturated carbocycles. The molecule has 1 aromatic heterocycles. The molecule has 6 heteroatoms. The fourth-order valence-electron chi connectivity index (χ4n) is 1.71. The summed E-state index contributed by atoms with van der Waals surface area (Å²) < 4.78 is 10.3. The van der Waals surface area contributed by atoms with Crippen LogP contribution in [0.2, 0.25) is 0 Å². The Kier molecular flexibility index (Phi) is 3.59. The summed E-state index contributed by atoms with van der Waals surface area (Å²) in [7, 11) is 3.07. The number of aliphatic hydroxyl groups excluding tert-OH is 2. The van der Waals surface area contributed by atoms with Crippen LogP contribution in [0.1, 0.15) is 11.4 Å². The third-order valence-electron chi connectivity index (χ3n) is 2.62. The highest BCUT2D eigenvalue weighted by Gasteiger charge is 2.11. The first-order valence-corrected chi connectivity index (χ1v) is 5.36. The molecule has 0 aliphatic carbocycles. The average molecular weight is 250 g/mol. The van der Waals surface area contributed by atoms with Gasteiger partial charge in [-0.25, -0.2) is 9.97 Å². The Hall–Kier alpha value is -1.92. The molecule has 18 heavy (non-hydrogen) atoms. The molecule has 0 spiro atoms. The van der Waals surface area contributed by atoms with Gasteiger partial charge in [-0.2, -0.15) is 0 Å². The number of aromatic nitrogens is 2. The molecule has 2 rings (SSSR count). The number of hydrogen-bond acceptors (Lipinski definition) is 6. The molecule has 96 valence electrons. The summed E-state index contributed by atoms with van der Waals surface area (Å²) in [6.07, 6.45) is 0. The Bertz CT molecular complexity index is 474. The summed E-state index contributed by atoms with van der Waals surface area (Å²) in [5, 5.41) is 18.3. The molecule has 6 nitrogen and oxygen atoms in total. The fourth-order valence-corrected chi connectivity index (χ4v) is 1.71. The van der Waals surface area contributed by atoms with Crippen LogP contribution < -0.4 is 9.47 Å². The second kappa shape index (κ2) is 5.16. The summed E-state index contributed by atoms with van der Waals surface area (Å²) >= 11 is 0. The quantitative estimate of drug-likeness (QED) is 0.828. The maximum Gasteiger partial charge on any atom is 0.163 e. The highest BCUT2D eigenvalue weighted by molar-refractivity contribution is 5.79. The van der Waals surface area contributed by atoms with E-state index >= 15 is 0 Å². The number of rotatable bonds is 4. The zero-order valence-electron chi connectivity index (χ0n) is 10.2. The number of fused-ring (bicyclic) bond motifs is 1. The van der Waals surface area contributed by atoms with E-state index in [-0.39, 0.29) is 13.2 Å².